The van der Waals surface area contributed by atoms with Crippen LogP contribution < -0.4 is 0 Å². The number of allylic oxidation sites excluding steroid dienone is 4. The molecule has 0 amide bonds. The summed E-state index contributed by atoms with van der Waals surface area (Å²) in [7, 11) is 0. The number of hydrogen-bond acceptors (Lipinski definition) is 10. The minimum absolute atomic E-state index is 0.0221. The van der Waals surface area contributed by atoms with E-state index in [4.69, 9.17) is 18.9 Å². The Morgan fingerprint density at radius 2 is 1.00 bits per heavy atom. The minimum atomic E-state index is -1.42. The summed E-state index contributed by atoms with van der Waals surface area (Å²) in [5.74, 6) is -5.02. The molecule has 6 heterocycles. The number of Topliss-reactive ketones (excluding diaryl/α,β-unsaturated/α-hetero) is 2. The van der Waals surface area contributed by atoms with Crippen molar-refractivity contribution in [2.75, 3.05) is 0 Å². The number of carbonyl (C=O) groups is 4. The summed E-state index contributed by atoms with van der Waals surface area (Å²) in [6.07, 6.45) is -2.15. The van der Waals surface area contributed by atoms with Gasteiger partial charge in [0.05, 0.1) is 34.5 Å². The first kappa shape index (κ1) is 26.9. The van der Waals surface area contributed by atoms with Crippen LogP contribution in [0.25, 0.3) is 0 Å². The summed E-state index contributed by atoms with van der Waals surface area (Å²) in [6, 6.07) is 0. The normalized spacial score (nSPS) is 60.7. The molecule has 0 radical (unpaired) electrons. The number of rotatable bonds is 0. The highest BCUT2D eigenvalue weighted by atomic mass is 16.6. The molecule has 0 aromatic heterocycles. The minimum Gasteiger partial charge on any atom is -0.456 e. The summed E-state index contributed by atoms with van der Waals surface area (Å²) < 4.78 is 25.5. The second kappa shape index (κ2) is 7.13. The van der Waals surface area contributed by atoms with Crippen molar-refractivity contribution in [2.24, 2.45) is 58.2 Å². The molecule has 15 rings (SSSR count). The van der Waals surface area contributed by atoms with Crippen molar-refractivity contribution in [2.45, 2.75) is 101 Å². The van der Waals surface area contributed by atoms with Crippen molar-refractivity contribution in [1.82, 2.24) is 0 Å². The van der Waals surface area contributed by atoms with Crippen LogP contribution in [0, 0.1) is 58.2 Å². The fourth-order valence-corrected chi connectivity index (χ4v) is 15.5. The molecule has 48 heavy (non-hydrogen) atoms. The van der Waals surface area contributed by atoms with Crippen molar-refractivity contribution in [3.63, 3.8) is 0 Å². The summed E-state index contributed by atoms with van der Waals surface area (Å²) >= 11 is 0. The lowest BCUT2D eigenvalue weighted by Crippen LogP contribution is -2.73. The highest BCUT2D eigenvalue weighted by molar-refractivity contribution is 6.07. The van der Waals surface area contributed by atoms with Crippen molar-refractivity contribution in [3.8, 4) is 0 Å². The third-order valence-corrected chi connectivity index (χ3v) is 17.1. The zero-order valence-corrected chi connectivity index (χ0v) is 27.1. The Kier molecular flexibility index (Phi) is 4.00. The Labute approximate surface area is 275 Å². The van der Waals surface area contributed by atoms with E-state index in [-0.39, 0.29) is 35.3 Å². The number of carbonyl (C=O) groups excluding carboxylic acids is 4. The molecule has 6 saturated heterocycles. The number of hydrogen-bond donors (Lipinski definition) is 2. The molecule has 15 aliphatic rings. The zero-order valence-electron chi connectivity index (χ0n) is 27.1. The number of esters is 2. The lowest BCUT2D eigenvalue weighted by atomic mass is 9.46. The Morgan fingerprint density at radius 3 is 1.40 bits per heavy atom. The van der Waals surface area contributed by atoms with E-state index in [0.717, 1.165) is 44.6 Å². The van der Waals surface area contributed by atoms with Gasteiger partial charge in [-0.1, -0.05) is 36.1 Å². The molecule has 0 aromatic carbocycles. The first-order chi connectivity index (χ1) is 22.9. The smallest absolute Gasteiger partial charge is 0.313 e. The van der Waals surface area contributed by atoms with Crippen molar-refractivity contribution < 1.29 is 48.3 Å². The standard InChI is InChI=1S/C38H36O10/c1-9-15-16-10(2)18-22-14(6-8-36-12(4)26-32(48-34(36)42)38(44,28(22)36)30(18)46-26)20(24(16)40)19(23(15)39)13-5-7-35-11(3)25-31(47-33(35)41)37(43)27(35)21(13)17(9)29(37)45-25/h11-12,15-16,19-20,25-32,43-44H,5-8H2,1-4H3/t11?,12?,15-,16-,19+,20+,25?,26?,27-,28-,29-,30-,31-,32-,35+,36+,37-,38-/m0/s1. The second-order valence-corrected chi connectivity index (χ2v) is 17.7. The van der Waals surface area contributed by atoms with Crippen LogP contribution in [0.1, 0.15) is 53.4 Å². The van der Waals surface area contributed by atoms with Gasteiger partial charge in [-0.2, -0.15) is 0 Å². The fraction of sp³-hybridized carbons (Fsp3) is 0.684. The van der Waals surface area contributed by atoms with E-state index in [1.54, 1.807) is 0 Å². The van der Waals surface area contributed by atoms with Gasteiger partial charge in [0.25, 0.3) is 0 Å². The van der Waals surface area contributed by atoms with Gasteiger partial charge in [0.15, 0.2) is 12.2 Å². The van der Waals surface area contributed by atoms with Crippen molar-refractivity contribution in [1.29, 1.82) is 0 Å². The maximum absolute atomic E-state index is 15.2. The van der Waals surface area contributed by atoms with Gasteiger partial charge in [-0.3, -0.25) is 19.2 Å². The molecule has 10 heteroatoms. The van der Waals surface area contributed by atoms with Gasteiger partial charge in [0.2, 0.25) is 0 Å². The van der Waals surface area contributed by atoms with Gasteiger partial charge in [-0.25, -0.2) is 0 Å². The highest BCUT2D eigenvalue weighted by Crippen LogP contribution is 2.78. The first-order valence-electron chi connectivity index (χ1n) is 18.0. The van der Waals surface area contributed by atoms with Crippen molar-refractivity contribution >= 4 is 23.5 Å². The molecule has 12 bridgehead atoms. The van der Waals surface area contributed by atoms with Crippen LogP contribution in [0.4, 0.5) is 0 Å². The third-order valence-electron chi connectivity index (χ3n) is 17.1. The van der Waals surface area contributed by atoms with E-state index in [1.165, 1.54) is 0 Å². The number of aliphatic hydroxyl groups is 2. The van der Waals surface area contributed by atoms with Gasteiger partial charge >= 0.3 is 11.9 Å². The van der Waals surface area contributed by atoms with E-state index in [9.17, 15) is 19.8 Å². The summed E-state index contributed by atoms with van der Waals surface area (Å²) in [4.78, 5) is 58.2. The molecule has 248 valence electrons. The SMILES string of the molecule is CC1=C2C3=C(CC[C@]45C(=O)O[C@H]6C(O[C@@H]2[C@@]6(O)[C@@H]34)C5C)[C@H]2C(=O)[C@@H]1[C@H]1C(=O)[C@@H]2C2=C3C(=C1C)[C@@H]1OC4C(C)[C@@]5(CC2)C(=O)O[C@@H]4[C@]1(O)[C@@H]35. The number of fused-ring (bicyclic) bond motifs is 12. The highest BCUT2D eigenvalue weighted by Gasteiger charge is 2.87. The molecule has 6 aliphatic heterocycles. The molecular weight excluding hydrogens is 616 g/mol. The second-order valence-electron chi connectivity index (χ2n) is 17.7. The summed E-state index contributed by atoms with van der Waals surface area (Å²) in [5, 5.41) is 25.4. The van der Waals surface area contributed by atoms with Gasteiger partial charge in [0, 0.05) is 23.7 Å². The van der Waals surface area contributed by atoms with Crippen LogP contribution in [0.5, 0.6) is 0 Å². The molecule has 4 unspecified atom stereocenters. The Hall–Kier alpha value is -2.92. The monoisotopic (exact) mass is 652 g/mol. The molecule has 2 spiro atoms. The van der Waals surface area contributed by atoms with Crippen molar-refractivity contribution in [3.05, 3.63) is 44.6 Å². The number of ether oxygens (including phenoxy) is 4. The van der Waals surface area contributed by atoms with Crippen LogP contribution in [0.2, 0.25) is 0 Å². The topological polar surface area (TPSA) is 146 Å². The van der Waals surface area contributed by atoms with Gasteiger partial charge in [-0.15, -0.1) is 0 Å². The molecule has 5 saturated carbocycles. The van der Waals surface area contributed by atoms with E-state index in [0.29, 0.717) is 25.7 Å². The largest absolute Gasteiger partial charge is 0.456 e. The van der Waals surface area contributed by atoms with E-state index < -0.39 is 94.2 Å². The fourth-order valence-electron chi connectivity index (χ4n) is 15.5. The van der Waals surface area contributed by atoms with Crippen LogP contribution in [0.3, 0.4) is 0 Å². The van der Waals surface area contributed by atoms with Crippen LogP contribution >= 0.6 is 0 Å². The third kappa shape index (κ3) is 2.05. The lowest BCUT2D eigenvalue weighted by molar-refractivity contribution is -0.251. The molecule has 11 fully saturated rings. The van der Waals surface area contributed by atoms with Gasteiger partial charge in [0.1, 0.15) is 47.2 Å². The molecule has 18 atom stereocenters. The van der Waals surface area contributed by atoms with E-state index in [2.05, 4.69) is 0 Å². The quantitative estimate of drug-likeness (QED) is 0.372. The molecule has 10 nitrogen and oxygen atoms in total. The maximum atomic E-state index is 15.2. The van der Waals surface area contributed by atoms with Crippen LogP contribution in [-0.4, -0.2) is 81.5 Å². The maximum Gasteiger partial charge on any atom is 0.313 e. The van der Waals surface area contributed by atoms with Gasteiger partial charge in [-0.05, 0) is 61.8 Å². The Bertz CT molecular complexity index is 1880. The summed E-state index contributed by atoms with van der Waals surface area (Å²) in [5.41, 5.74) is 1.83. The first-order valence-corrected chi connectivity index (χ1v) is 18.0. The molecule has 2 N–H and O–H groups in total. The van der Waals surface area contributed by atoms with E-state index >= 15 is 9.59 Å². The Balaban J connectivity index is 1.12. The van der Waals surface area contributed by atoms with Crippen LogP contribution in [0.15, 0.2) is 44.6 Å². The predicted molar refractivity (Wildman–Crippen MR) is 159 cm³/mol. The average Bonchev–Trinajstić information content (AvgIpc) is 3.64. The van der Waals surface area contributed by atoms with E-state index in [1.807, 2.05) is 27.7 Å². The molecular formula is C38H36O10. The average molecular weight is 653 g/mol. The van der Waals surface area contributed by atoms with Crippen LogP contribution in [-0.2, 0) is 38.1 Å². The molecule has 9 aliphatic carbocycles. The number of ketones is 2. The summed E-state index contributed by atoms with van der Waals surface area (Å²) in [6.45, 7) is 7.93. The molecule has 0 aromatic rings. The van der Waals surface area contributed by atoms with Gasteiger partial charge < -0.3 is 29.2 Å². The zero-order chi connectivity index (χ0) is 32.7. The Morgan fingerprint density at radius 1 is 0.604 bits per heavy atom. The lowest BCUT2D eigenvalue weighted by Gasteiger charge is -2.61. The predicted octanol–water partition coefficient (Wildman–Crippen LogP) is 1.82.